The zero-order valence-electron chi connectivity index (χ0n) is 73.1. The number of aromatic hydroxyl groups is 8. The van der Waals surface area contributed by atoms with Crippen LogP contribution in [0, 0.1) is 0 Å². The van der Waals surface area contributed by atoms with E-state index >= 15 is 0 Å². The number of rotatable bonds is 55. The predicted octanol–water partition coefficient (Wildman–Crippen LogP) is 3.98. The van der Waals surface area contributed by atoms with Gasteiger partial charge in [0, 0.05) is 63.7 Å². The van der Waals surface area contributed by atoms with Gasteiger partial charge in [-0.2, -0.15) is 0 Å². The highest BCUT2D eigenvalue weighted by molar-refractivity contribution is 6.03. The van der Waals surface area contributed by atoms with Gasteiger partial charge in [0.25, 0.3) is 5.91 Å². The number of carboxylic acid groups (broad SMARTS) is 2. The van der Waals surface area contributed by atoms with Crippen molar-refractivity contribution < 1.29 is 137 Å². The number of aromatic carboxylic acids is 2. The molecule has 9 aromatic carbocycles. The number of carbonyl (C=O) groups excluding carboxylic acids is 10. The maximum Gasteiger partial charge on any atom is 0.339 e. The highest BCUT2D eigenvalue weighted by Gasteiger charge is 2.33. The van der Waals surface area contributed by atoms with Crippen LogP contribution in [0.3, 0.4) is 0 Å². The van der Waals surface area contributed by atoms with Gasteiger partial charge in [0.15, 0.2) is 0 Å². The summed E-state index contributed by atoms with van der Waals surface area (Å²) in [5.41, 5.74) is 8.73. The number of hydrogen-bond donors (Lipinski definition) is 20. The molecule has 0 aliphatic rings. The Morgan fingerprint density at radius 1 is 0.274 bits per heavy atom. The molecule has 0 aliphatic carbocycles. The van der Waals surface area contributed by atoms with E-state index in [1.54, 1.807) is 54.6 Å². The molecular weight excluding hydrogens is 1750 g/mol. The van der Waals surface area contributed by atoms with Crippen LogP contribution in [0.4, 0.5) is 0 Å². The summed E-state index contributed by atoms with van der Waals surface area (Å²) in [5, 5.41) is 125. The van der Waals surface area contributed by atoms with Crippen molar-refractivity contribution in [1.29, 1.82) is 0 Å². The number of benzene rings is 9. The van der Waals surface area contributed by atoms with E-state index in [0.717, 1.165) is 0 Å². The molecule has 10 amide bonds. The first-order chi connectivity index (χ1) is 64.9. The van der Waals surface area contributed by atoms with Crippen LogP contribution >= 0.6 is 0 Å². The number of ether oxygens (including phenoxy) is 6. The standard InChI is InChI=1S/C97H106N10O28/c98-86(116)56-133-44-41-130-38-35-99-90(120)78(50-62-5-21-69(108)22-6-62)105-93(123)81(53-65-11-27-72(111)28-12-65)102-87(117)57-134-45-42-131-39-36-100-91(121)79(51-63-7-23-70(109)24-8-63)106-94(124)82(54-66-13-29-73(112)30-14-66)103-88(118)58-135-46-43-132-40-37-101-92(122)80(52-64-9-25-71(110)26-10-64)107-95(125)83(55-67-15-31-74(113)32-16-67)104-89(119)75-47-59(1-2-60-17-33-84(114)76(48-60)96(126)127)3-19-68(75)20-4-61-18-34-85(115)77(49-61)97(128)129/h1-34,47-49,78-83,108-115H,35-46,50-58H2,(H2,98,116)(H,99,120)(H,100,121)(H,101,122)(H,102,117)(H,103,118)(H,104,119)(H,105,123)(H,106,124)(H,107,125)(H,126,127)(H,128,129)/b2-1+,20-4+/t78-,79-,80-,81-,82-,83-/m0/s1. The monoisotopic (exact) mass is 1860 g/mol. The van der Waals surface area contributed by atoms with E-state index in [1.165, 1.54) is 170 Å². The van der Waals surface area contributed by atoms with E-state index in [0.29, 0.717) is 50.1 Å². The summed E-state index contributed by atoms with van der Waals surface area (Å²) in [4.78, 5) is 162. The second kappa shape index (κ2) is 53.5. The van der Waals surface area contributed by atoms with Gasteiger partial charge in [-0.25, -0.2) is 9.59 Å². The number of amides is 10. The fourth-order valence-electron chi connectivity index (χ4n) is 13.3. The Morgan fingerprint density at radius 3 is 0.815 bits per heavy atom. The highest BCUT2D eigenvalue weighted by atomic mass is 16.5. The van der Waals surface area contributed by atoms with Crippen LogP contribution in [-0.4, -0.2) is 257 Å². The molecule has 0 unspecified atom stereocenters. The Kier molecular flexibility index (Phi) is 40.9. The van der Waals surface area contributed by atoms with Crippen molar-refractivity contribution in [2.75, 3.05) is 98.9 Å². The third-order valence-electron chi connectivity index (χ3n) is 20.3. The molecule has 0 aliphatic heterocycles. The van der Waals surface area contributed by atoms with Crippen LogP contribution in [0.5, 0.6) is 46.0 Å². The Hall–Kier alpha value is -15.7. The molecule has 38 nitrogen and oxygen atoms in total. The number of carboxylic acids is 2. The molecule has 0 heterocycles. The Balaban J connectivity index is 0.771. The fourth-order valence-corrected chi connectivity index (χ4v) is 13.3. The lowest BCUT2D eigenvalue weighted by atomic mass is 9.99. The first-order valence-electron chi connectivity index (χ1n) is 42.6. The summed E-state index contributed by atoms with van der Waals surface area (Å²) in [6.07, 6.45) is 5.39. The van der Waals surface area contributed by atoms with Crippen molar-refractivity contribution in [1.82, 2.24) is 47.9 Å². The molecule has 9 aromatic rings. The molecule has 0 aromatic heterocycles. The second-order valence-electron chi connectivity index (χ2n) is 30.7. The van der Waals surface area contributed by atoms with Gasteiger partial charge in [-0.3, -0.25) is 47.9 Å². The molecule has 0 fully saturated rings. The number of hydrogen-bond acceptors (Lipinski definition) is 26. The van der Waals surface area contributed by atoms with Gasteiger partial charge in [0.05, 0.1) is 59.5 Å². The van der Waals surface area contributed by atoms with Gasteiger partial charge >= 0.3 is 11.9 Å². The average molecular weight is 1860 g/mol. The molecule has 9 rings (SSSR count). The van der Waals surface area contributed by atoms with Crippen LogP contribution in [0.2, 0.25) is 0 Å². The van der Waals surface area contributed by atoms with Crippen molar-refractivity contribution in [3.05, 3.63) is 273 Å². The van der Waals surface area contributed by atoms with Crippen LogP contribution in [0.15, 0.2) is 200 Å². The Morgan fingerprint density at radius 2 is 0.526 bits per heavy atom. The molecule has 0 spiro atoms. The molecule has 0 saturated carbocycles. The lowest BCUT2D eigenvalue weighted by molar-refractivity contribution is -0.134. The summed E-state index contributed by atoms with van der Waals surface area (Å²) < 4.78 is 33.2. The summed E-state index contributed by atoms with van der Waals surface area (Å²) in [6, 6.07) is 39.7. The first kappa shape index (κ1) is 103. The van der Waals surface area contributed by atoms with Crippen LogP contribution in [0.25, 0.3) is 24.3 Å². The zero-order chi connectivity index (χ0) is 97.1. The van der Waals surface area contributed by atoms with Crippen LogP contribution in [-0.2, 0) is 110 Å². The predicted molar refractivity (Wildman–Crippen MR) is 489 cm³/mol. The summed E-state index contributed by atoms with van der Waals surface area (Å²) in [7, 11) is 0. The largest absolute Gasteiger partial charge is 0.508 e. The lowest BCUT2D eigenvalue weighted by Gasteiger charge is -2.24. The normalized spacial score (nSPS) is 12.5. The van der Waals surface area contributed by atoms with E-state index in [9.17, 15) is 109 Å². The first-order valence-corrected chi connectivity index (χ1v) is 42.6. The third-order valence-corrected chi connectivity index (χ3v) is 20.3. The summed E-state index contributed by atoms with van der Waals surface area (Å²) in [6.45, 7) is -2.21. The minimum absolute atomic E-state index is 0.0204. The number of primary amides is 1. The highest BCUT2D eigenvalue weighted by Crippen LogP contribution is 2.26. The second-order valence-corrected chi connectivity index (χ2v) is 30.7. The van der Waals surface area contributed by atoms with E-state index in [4.69, 9.17) is 34.2 Å². The van der Waals surface area contributed by atoms with Crippen LogP contribution < -0.4 is 53.6 Å². The maximum atomic E-state index is 14.9. The number of phenolic OH excluding ortho intramolecular Hbond substituents is 6. The Labute approximate surface area is 774 Å². The smallest absolute Gasteiger partial charge is 0.339 e. The molecule has 21 N–H and O–H groups in total. The van der Waals surface area contributed by atoms with E-state index in [-0.39, 0.29) is 175 Å². The molecule has 0 radical (unpaired) electrons. The van der Waals surface area contributed by atoms with Gasteiger partial charge in [0.2, 0.25) is 53.2 Å². The summed E-state index contributed by atoms with van der Waals surface area (Å²) in [5.74, 6) is -11.5. The van der Waals surface area contributed by atoms with Crippen LogP contribution in [0.1, 0.15) is 86.7 Å². The van der Waals surface area contributed by atoms with Gasteiger partial charge < -0.3 is 133 Å². The number of nitrogens with two attached hydrogens (primary N) is 1. The average Bonchev–Trinajstić information content (AvgIpc) is 0.814. The lowest BCUT2D eigenvalue weighted by Crippen LogP contribution is -2.55. The molecular formula is C97H106N10O28. The molecule has 6 atom stereocenters. The minimum Gasteiger partial charge on any atom is -0.508 e. The van der Waals surface area contributed by atoms with Gasteiger partial charge in [-0.1, -0.05) is 121 Å². The van der Waals surface area contributed by atoms with Gasteiger partial charge in [-0.05, 0) is 159 Å². The van der Waals surface area contributed by atoms with Crippen molar-refractivity contribution in [2.45, 2.75) is 74.8 Å². The maximum absolute atomic E-state index is 14.9. The van der Waals surface area contributed by atoms with E-state index < -0.39 is 138 Å². The minimum atomic E-state index is -1.45. The molecule has 135 heavy (non-hydrogen) atoms. The van der Waals surface area contributed by atoms with Gasteiger partial charge in [0.1, 0.15) is 113 Å². The molecule has 0 bridgehead atoms. The SMILES string of the molecule is NC(=O)COCCOCCNC(=O)[C@H](Cc1ccc(O)cc1)NC(=O)[C@H](Cc1ccc(O)cc1)NC(=O)COCCOCCNC(=O)[C@H](Cc1ccc(O)cc1)NC(=O)[C@H](Cc1ccc(O)cc1)NC(=O)COCCOCCNC(=O)[C@H](Cc1ccc(O)cc1)NC(=O)[C@H](Cc1ccc(O)cc1)NC(=O)c1cc(/C=C/c2ccc(O)c(C(=O)O)c2)ccc1/C=C/c1ccc(O)c(C(=O)O)c1. The fraction of sp³-hybridized carbons (Fsp3) is 0.278. The van der Waals surface area contributed by atoms with Crippen molar-refractivity contribution >= 4 is 95.3 Å². The molecule has 38 heteroatoms. The van der Waals surface area contributed by atoms with Crippen molar-refractivity contribution in [3.8, 4) is 46.0 Å². The zero-order valence-corrected chi connectivity index (χ0v) is 73.1. The Bertz CT molecular complexity index is 5570. The number of nitrogens with one attached hydrogen (secondary N) is 9. The molecule has 712 valence electrons. The van der Waals surface area contributed by atoms with Crippen molar-refractivity contribution in [2.24, 2.45) is 5.73 Å². The third kappa shape index (κ3) is 36.2. The van der Waals surface area contributed by atoms with Gasteiger partial charge in [-0.15, -0.1) is 0 Å². The van der Waals surface area contributed by atoms with E-state index in [2.05, 4.69) is 47.9 Å². The summed E-state index contributed by atoms with van der Waals surface area (Å²) >= 11 is 0. The molecule has 0 saturated heterocycles. The quantitative estimate of drug-likeness (QED) is 0.0189. The van der Waals surface area contributed by atoms with Crippen molar-refractivity contribution in [3.63, 3.8) is 0 Å². The number of phenols is 8. The topological polar surface area (TPSA) is 597 Å². The number of carbonyl (C=O) groups is 12. The van der Waals surface area contributed by atoms with E-state index in [1.807, 2.05) is 0 Å².